The van der Waals surface area contributed by atoms with Crippen LogP contribution in [0.4, 0.5) is 5.69 Å². The standard InChI is InChI=1S/C18H20N2O/c1-11-7-8-17(15-6-5-9-19-18(11)15)20-13(3)16-10-12(2)21-14(16)4/h5-10,13,20H,1-4H3. The van der Waals surface area contributed by atoms with Gasteiger partial charge in [0.25, 0.3) is 0 Å². The molecule has 3 rings (SSSR count). The summed E-state index contributed by atoms with van der Waals surface area (Å²) in [5.74, 6) is 1.92. The summed E-state index contributed by atoms with van der Waals surface area (Å²) < 4.78 is 5.63. The van der Waals surface area contributed by atoms with Crippen LogP contribution >= 0.6 is 0 Å². The minimum absolute atomic E-state index is 0.188. The highest BCUT2D eigenvalue weighted by molar-refractivity contribution is 5.93. The number of fused-ring (bicyclic) bond motifs is 1. The Labute approximate surface area is 125 Å². The Morgan fingerprint density at radius 2 is 1.95 bits per heavy atom. The van der Waals surface area contributed by atoms with Gasteiger partial charge in [-0.05, 0) is 57.5 Å². The Kier molecular flexibility index (Phi) is 3.42. The normalized spacial score (nSPS) is 12.6. The van der Waals surface area contributed by atoms with Gasteiger partial charge in [-0.1, -0.05) is 6.07 Å². The first-order valence-corrected chi connectivity index (χ1v) is 7.24. The van der Waals surface area contributed by atoms with E-state index in [1.54, 1.807) is 0 Å². The Morgan fingerprint density at radius 3 is 2.67 bits per heavy atom. The molecule has 3 nitrogen and oxygen atoms in total. The van der Waals surface area contributed by atoms with Crippen molar-refractivity contribution in [3.05, 3.63) is 59.2 Å². The monoisotopic (exact) mass is 280 g/mol. The van der Waals surface area contributed by atoms with Crippen molar-refractivity contribution >= 4 is 16.6 Å². The first-order valence-electron chi connectivity index (χ1n) is 7.24. The fraction of sp³-hybridized carbons (Fsp3) is 0.278. The summed E-state index contributed by atoms with van der Waals surface area (Å²) in [6.07, 6.45) is 1.84. The quantitative estimate of drug-likeness (QED) is 0.739. The number of aryl methyl sites for hydroxylation is 3. The second kappa shape index (κ2) is 5.24. The lowest BCUT2D eigenvalue weighted by Crippen LogP contribution is -2.07. The lowest BCUT2D eigenvalue weighted by molar-refractivity contribution is 0.500. The maximum Gasteiger partial charge on any atom is 0.106 e. The van der Waals surface area contributed by atoms with Crippen molar-refractivity contribution in [1.82, 2.24) is 4.98 Å². The van der Waals surface area contributed by atoms with E-state index in [-0.39, 0.29) is 6.04 Å². The van der Waals surface area contributed by atoms with Gasteiger partial charge in [0.1, 0.15) is 11.5 Å². The van der Waals surface area contributed by atoms with E-state index in [0.717, 1.165) is 28.1 Å². The van der Waals surface area contributed by atoms with Gasteiger partial charge in [0.05, 0.1) is 11.6 Å². The van der Waals surface area contributed by atoms with E-state index < -0.39 is 0 Å². The molecule has 3 aromatic rings. The van der Waals surface area contributed by atoms with Gasteiger partial charge in [0.2, 0.25) is 0 Å². The lowest BCUT2D eigenvalue weighted by Gasteiger charge is -2.17. The predicted molar refractivity (Wildman–Crippen MR) is 86.7 cm³/mol. The molecule has 1 unspecified atom stereocenters. The Hall–Kier alpha value is -2.29. The molecule has 1 aromatic carbocycles. The van der Waals surface area contributed by atoms with Crippen LogP contribution in [0, 0.1) is 20.8 Å². The molecule has 2 aromatic heterocycles. The molecule has 0 aliphatic rings. The minimum Gasteiger partial charge on any atom is -0.466 e. The van der Waals surface area contributed by atoms with Crippen molar-refractivity contribution in [3.8, 4) is 0 Å². The average molecular weight is 280 g/mol. The van der Waals surface area contributed by atoms with E-state index >= 15 is 0 Å². The summed E-state index contributed by atoms with van der Waals surface area (Å²) in [7, 11) is 0. The Morgan fingerprint density at radius 1 is 1.14 bits per heavy atom. The molecule has 0 fully saturated rings. The predicted octanol–water partition coefficient (Wildman–Crippen LogP) is 4.93. The van der Waals surface area contributed by atoms with Gasteiger partial charge >= 0.3 is 0 Å². The van der Waals surface area contributed by atoms with Gasteiger partial charge in [-0.2, -0.15) is 0 Å². The van der Waals surface area contributed by atoms with Gasteiger partial charge in [-0.3, -0.25) is 4.98 Å². The number of pyridine rings is 1. The zero-order chi connectivity index (χ0) is 15.0. The van der Waals surface area contributed by atoms with Crippen LogP contribution in [0.2, 0.25) is 0 Å². The van der Waals surface area contributed by atoms with Crippen LogP contribution in [0.15, 0.2) is 40.9 Å². The fourth-order valence-corrected chi connectivity index (χ4v) is 2.83. The molecule has 108 valence electrons. The molecule has 1 atom stereocenters. The SMILES string of the molecule is Cc1cc(C(C)Nc2ccc(C)c3ncccc23)c(C)o1. The summed E-state index contributed by atoms with van der Waals surface area (Å²) >= 11 is 0. The highest BCUT2D eigenvalue weighted by atomic mass is 16.3. The van der Waals surface area contributed by atoms with Crippen LogP contribution in [0.5, 0.6) is 0 Å². The molecule has 21 heavy (non-hydrogen) atoms. The molecule has 0 bridgehead atoms. The molecule has 0 amide bonds. The van der Waals surface area contributed by atoms with Crippen molar-refractivity contribution in [2.75, 3.05) is 5.32 Å². The van der Waals surface area contributed by atoms with Gasteiger partial charge in [-0.25, -0.2) is 0 Å². The minimum atomic E-state index is 0.188. The molecule has 0 radical (unpaired) electrons. The van der Waals surface area contributed by atoms with Crippen molar-refractivity contribution < 1.29 is 4.42 Å². The van der Waals surface area contributed by atoms with Crippen LogP contribution in [-0.2, 0) is 0 Å². The second-order valence-corrected chi connectivity index (χ2v) is 5.56. The average Bonchev–Trinajstić information content (AvgIpc) is 2.81. The summed E-state index contributed by atoms with van der Waals surface area (Å²) in [4.78, 5) is 4.48. The largest absolute Gasteiger partial charge is 0.466 e. The first-order chi connectivity index (χ1) is 10.1. The maximum absolute atomic E-state index is 5.63. The smallest absolute Gasteiger partial charge is 0.106 e. The van der Waals surface area contributed by atoms with E-state index in [1.165, 1.54) is 11.1 Å². The number of benzene rings is 1. The third kappa shape index (κ3) is 2.51. The highest BCUT2D eigenvalue weighted by Crippen LogP contribution is 2.29. The fourth-order valence-electron chi connectivity index (χ4n) is 2.83. The van der Waals surface area contributed by atoms with Crippen LogP contribution in [0.1, 0.15) is 35.6 Å². The summed E-state index contributed by atoms with van der Waals surface area (Å²) in [6.45, 7) is 8.23. The summed E-state index contributed by atoms with van der Waals surface area (Å²) in [5, 5.41) is 4.74. The number of hydrogen-bond acceptors (Lipinski definition) is 3. The molecule has 0 saturated heterocycles. The molecule has 0 saturated carbocycles. The number of aromatic nitrogens is 1. The van der Waals surface area contributed by atoms with Crippen molar-refractivity contribution in [3.63, 3.8) is 0 Å². The van der Waals surface area contributed by atoms with E-state index in [2.05, 4.69) is 48.4 Å². The summed E-state index contributed by atoms with van der Waals surface area (Å²) in [5.41, 5.74) is 4.55. The van der Waals surface area contributed by atoms with Crippen molar-refractivity contribution in [1.29, 1.82) is 0 Å². The lowest BCUT2D eigenvalue weighted by atomic mass is 10.1. The molecular weight excluding hydrogens is 260 g/mol. The molecular formula is C18H20N2O. The van der Waals surface area contributed by atoms with Gasteiger partial charge < -0.3 is 9.73 Å². The van der Waals surface area contributed by atoms with Gasteiger partial charge in [-0.15, -0.1) is 0 Å². The number of furan rings is 1. The molecule has 0 aliphatic heterocycles. The van der Waals surface area contributed by atoms with Crippen molar-refractivity contribution in [2.45, 2.75) is 33.7 Å². The number of nitrogens with one attached hydrogen (secondary N) is 1. The van der Waals surface area contributed by atoms with Crippen LogP contribution in [0.3, 0.4) is 0 Å². The number of anilines is 1. The Balaban J connectivity index is 1.99. The van der Waals surface area contributed by atoms with Crippen LogP contribution in [-0.4, -0.2) is 4.98 Å². The number of nitrogens with zero attached hydrogens (tertiary/aromatic N) is 1. The third-order valence-corrected chi connectivity index (χ3v) is 3.89. The maximum atomic E-state index is 5.63. The molecule has 0 spiro atoms. The summed E-state index contributed by atoms with van der Waals surface area (Å²) in [6, 6.07) is 10.6. The van der Waals surface area contributed by atoms with E-state index in [1.807, 2.05) is 26.1 Å². The van der Waals surface area contributed by atoms with Crippen LogP contribution < -0.4 is 5.32 Å². The zero-order valence-corrected chi connectivity index (χ0v) is 12.9. The molecule has 3 heteroatoms. The van der Waals surface area contributed by atoms with E-state index in [9.17, 15) is 0 Å². The first kappa shape index (κ1) is 13.7. The number of hydrogen-bond donors (Lipinski definition) is 1. The van der Waals surface area contributed by atoms with E-state index in [4.69, 9.17) is 4.42 Å². The van der Waals surface area contributed by atoms with Gasteiger partial charge in [0.15, 0.2) is 0 Å². The van der Waals surface area contributed by atoms with Crippen LogP contribution in [0.25, 0.3) is 10.9 Å². The topological polar surface area (TPSA) is 38.1 Å². The van der Waals surface area contributed by atoms with E-state index in [0.29, 0.717) is 0 Å². The molecule has 0 aliphatic carbocycles. The van der Waals surface area contributed by atoms with Gasteiger partial charge in [0, 0.05) is 22.8 Å². The third-order valence-electron chi connectivity index (χ3n) is 3.89. The Bertz CT molecular complexity index is 789. The molecule has 1 N–H and O–H groups in total. The van der Waals surface area contributed by atoms with Crippen molar-refractivity contribution in [2.24, 2.45) is 0 Å². The second-order valence-electron chi connectivity index (χ2n) is 5.56. The number of rotatable bonds is 3. The highest BCUT2D eigenvalue weighted by Gasteiger charge is 2.14. The molecule has 2 heterocycles. The zero-order valence-electron chi connectivity index (χ0n) is 12.9.